The third-order valence-electron chi connectivity index (χ3n) is 2.17. The van der Waals surface area contributed by atoms with E-state index in [-0.39, 0.29) is 0 Å². The summed E-state index contributed by atoms with van der Waals surface area (Å²) < 4.78 is 0. The number of hydrogen-bond acceptors (Lipinski definition) is 4. The number of halogens is 1. The van der Waals surface area contributed by atoms with Gasteiger partial charge in [-0.05, 0) is 18.6 Å². The summed E-state index contributed by atoms with van der Waals surface area (Å²) in [6.45, 7) is 0. The summed E-state index contributed by atoms with van der Waals surface area (Å²) in [5, 5.41) is 3.95. The van der Waals surface area contributed by atoms with E-state index in [1.165, 1.54) is 24.9 Å². The van der Waals surface area contributed by atoms with Gasteiger partial charge in [0.25, 0.3) is 0 Å². The predicted octanol–water partition coefficient (Wildman–Crippen LogP) is 2.44. The van der Waals surface area contributed by atoms with Crippen LogP contribution in [0.25, 0.3) is 0 Å². The van der Waals surface area contributed by atoms with Crippen molar-refractivity contribution in [3.63, 3.8) is 0 Å². The maximum Gasteiger partial charge on any atom is 0.148 e. The van der Waals surface area contributed by atoms with E-state index < -0.39 is 0 Å². The lowest BCUT2D eigenvalue weighted by Crippen LogP contribution is -2.26. The topological polar surface area (TPSA) is 37.8 Å². The van der Waals surface area contributed by atoms with Gasteiger partial charge in [-0.25, -0.2) is 9.97 Å². The van der Waals surface area contributed by atoms with Crippen LogP contribution in [-0.4, -0.2) is 27.5 Å². The molecule has 0 bridgehead atoms. The van der Waals surface area contributed by atoms with Crippen LogP contribution in [0, 0.1) is 0 Å². The summed E-state index contributed by atoms with van der Waals surface area (Å²) >= 11 is 7.93. The minimum atomic E-state index is 0.501. The van der Waals surface area contributed by atoms with Gasteiger partial charge in [0, 0.05) is 11.8 Å². The fourth-order valence-electron chi connectivity index (χ4n) is 1.47. The van der Waals surface area contributed by atoms with Crippen molar-refractivity contribution in [1.29, 1.82) is 0 Å². The summed E-state index contributed by atoms with van der Waals surface area (Å²) in [7, 11) is 0. The molecule has 5 heteroatoms. The molecule has 1 aromatic rings. The maximum atomic E-state index is 5.95. The van der Waals surface area contributed by atoms with Gasteiger partial charge in [0.05, 0.1) is 6.20 Å². The van der Waals surface area contributed by atoms with Crippen molar-refractivity contribution in [2.45, 2.75) is 18.9 Å². The van der Waals surface area contributed by atoms with E-state index in [0.29, 0.717) is 11.1 Å². The van der Waals surface area contributed by atoms with Gasteiger partial charge in [-0.1, -0.05) is 11.6 Å². The molecule has 1 N–H and O–H groups in total. The smallest absolute Gasteiger partial charge is 0.148 e. The number of aromatic nitrogens is 2. The van der Waals surface area contributed by atoms with Crippen LogP contribution in [0.3, 0.4) is 0 Å². The molecule has 1 aromatic heterocycles. The summed E-state index contributed by atoms with van der Waals surface area (Å²) in [4.78, 5) is 7.96. The van der Waals surface area contributed by atoms with Gasteiger partial charge < -0.3 is 5.32 Å². The highest BCUT2D eigenvalue weighted by Crippen LogP contribution is 2.23. The zero-order chi connectivity index (χ0) is 9.80. The second-order valence-electron chi connectivity index (χ2n) is 3.28. The van der Waals surface area contributed by atoms with Crippen molar-refractivity contribution >= 4 is 29.2 Å². The Balaban J connectivity index is 1.99. The van der Waals surface area contributed by atoms with Gasteiger partial charge >= 0.3 is 0 Å². The van der Waals surface area contributed by atoms with E-state index in [1.54, 1.807) is 6.20 Å². The lowest BCUT2D eigenvalue weighted by atomic mass is 10.2. The molecule has 0 radical (unpaired) electrons. The lowest BCUT2D eigenvalue weighted by molar-refractivity contribution is 0.682. The Morgan fingerprint density at radius 1 is 1.57 bits per heavy atom. The van der Waals surface area contributed by atoms with Gasteiger partial charge in [-0.3, -0.25) is 0 Å². The molecule has 3 nitrogen and oxygen atoms in total. The third kappa shape index (κ3) is 2.51. The Hall–Kier alpha value is -0.480. The molecule has 0 spiro atoms. The Morgan fingerprint density at radius 3 is 3.21 bits per heavy atom. The zero-order valence-corrected chi connectivity index (χ0v) is 9.31. The Kier molecular flexibility index (Phi) is 3.48. The van der Waals surface area contributed by atoms with Crippen LogP contribution in [0.4, 0.5) is 5.82 Å². The van der Waals surface area contributed by atoms with Gasteiger partial charge in [-0.15, -0.1) is 0 Å². The number of anilines is 1. The Morgan fingerprint density at radius 2 is 2.50 bits per heavy atom. The van der Waals surface area contributed by atoms with Gasteiger partial charge in [0.2, 0.25) is 0 Å². The van der Waals surface area contributed by atoms with Crippen LogP contribution in [0.5, 0.6) is 0 Å². The molecule has 2 heterocycles. The molecule has 0 aliphatic carbocycles. The van der Waals surface area contributed by atoms with Crippen molar-refractivity contribution in [3.05, 3.63) is 17.5 Å². The highest BCUT2D eigenvalue weighted by molar-refractivity contribution is 7.99. The summed E-state index contributed by atoms with van der Waals surface area (Å²) in [5.74, 6) is 3.17. The number of nitrogens with zero attached hydrogens (tertiary/aromatic N) is 2. The van der Waals surface area contributed by atoms with E-state index in [0.717, 1.165) is 11.6 Å². The quantitative estimate of drug-likeness (QED) is 0.846. The summed E-state index contributed by atoms with van der Waals surface area (Å²) in [6, 6.07) is 0.501. The average molecular weight is 230 g/mol. The van der Waals surface area contributed by atoms with E-state index >= 15 is 0 Å². The van der Waals surface area contributed by atoms with Crippen LogP contribution in [0.2, 0.25) is 5.02 Å². The number of nitrogens with one attached hydrogen (secondary N) is 1. The molecule has 1 atom stereocenters. The Bertz CT molecular complexity index is 302. The molecule has 1 fully saturated rings. The molecule has 14 heavy (non-hydrogen) atoms. The van der Waals surface area contributed by atoms with E-state index in [9.17, 15) is 0 Å². The number of rotatable bonds is 2. The van der Waals surface area contributed by atoms with Crippen molar-refractivity contribution in [2.75, 3.05) is 16.8 Å². The normalized spacial score (nSPS) is 21.9. The highest BCUT2D eigenvalue weighted by Gasteiger charge is 2.14. The van der Waals surface area contributed by atoms with Crippen LogP contribution in [-0.2, 0) is 0 Å². The first-order valence-electron chi connectivity index (χ1n) is 4.66. The first kappa shape index (κ1) is 10.1. The zero-order valence-electron chi connectivity index (χ0n) is 7.74. The fraction of sp³-hybridized carbons (Fsp3) is 0.556. The monoisotopic (exact) mass is 229 g/mol. The molecule has 0 saturated carbocycles. The number of thioether (sulfide) groups is 1. The van der Waals surface area contributed by atoms with E-state index in [4.69, 9.17) is 11.6 Å². The second kappa shape index (κ2) is 4.84. The molecule has 1 aliphatic rings. The molecular formula is C9H12ClN3S. The largest absolute Gasteiger partial charge is 0.365 e. The van der Waals surface area contributed by atoms with Crippen LogP contribution in [0.15, 0.2) is 12.5 Å². The van der Waals surface area contributed by atoms with Crippen LogP contribution in [0.1, 0.15) is 12.8 Å². The average Bonchev–Trinajstić information content (AvgIpc) is 2.23. The van der Waals surface area contributed by atoms with E-state index in [1.807, 2.05) is 11.8 Å². The predicted molar refractivity (Wildman–Crippen MR) is 61.0 cm³/mol. The van der Waals surface area contributed by atoms with E-state index in [2.05, 4.69) is 15.3 Å². The fourth-order valence-corrected chi connectivity index (χ4v) is 2.70. The maximum absolute atomic E-state index is 5.95. The molecule has 2 rings (SSSR count). The summed E-state index contributed by atoms with van der Waals surface area (Å²) in [6.07, 6.45) is 5.61. The lowest BCUT2D eigenvalue weighted by Gasteiger charge is -2.23. The first-order chi connectivity index (χ1) is 6.86. The standard InChI is InChI=1S/C9H12ClN3S/c10-8-4-11-6-12-9(8)13-7-2-1-3-14-5-7/h4,6-7H,1-3,5H2,(H,11,12,13). The SMILES string of the molecule is Clc1cncnc1NC1CCCSC1. The molecule has 1 saturated heterocycles. The molecule has 0 aromatic carbocycles. The molecule has 0 amide bonds. The van der Waals surface area contributed by atoms with Gasteiger partial charge in [0.15, 0.2) is 0 Å². The Labute approximate surface area is 92.7 Å². The highest BCUT2D eigenvalue weighted by atomic mass is 35.5. The second-order valence-corrected chi connectivity index (χ2v) is 4.83. The molecule has 1 aliphatic heterocycles. The van der Waals surface area contributed by atoms with Crippen molar-refractivity contribution in [3.8, 4) is 0 Å². The molecule has 1 unspecified atom stereocenters. The number of hydrogen-bond donors (Lipinski definition) is 1. The third-order valence-corrected chi connectivity index (χ3v) is 3.66. The van der Waals surface area contributed by atoms with Gasteiger partial charge in [-0.2, -0.15) is 11.8 Å². The van der Waals surface area contributed by atoms with Crippen LogP contribution >= 0.6 is 23.4 Å². The minimum absolute atomic E-state index is 0.501. The van der Waals surface area contributed by atoms with Crippen LogP contribution < -0.4 is 5.32 Å². The van der Waals surface area contributed by atoms with Gasteiger partial charge in [0.1, 0.15) is 17.2 Å². The first-order valence-corrected chi connectivity index (χ1v) is 6.19. The van der Waals surface area contributed by atoms with Crippen molar-refractivity contribution < 1.29 is 0 Å². The van der Waals surface area contributed by atoms with Crippen molar-refractivity contribution in [2.24, 2.45) is 0 Å². The summed E-state index contributed by atoms with van der Waals surface area (Å²) in [5.41, 5.74) is 0. The van der Waals surface area contributed by atoms with Crippen molar-refractivity contribution in [1.82, 2.24) is 9.97 Å². The minimum Gasteiger partial charge on any atom is -0.365 e. The molecular weight excluding hydrogens is 218 g/mol. The molecule has 76 valence electrons.